The third-order valence-electron chi connectivity index (χ3n) is 6.40. The molecule has 2 atom stereocenters. The molecule has 1 heteroatoms. The van der Waals surface area contributed by atoms with Crippen molar-refractivity contribution in [3.05, 3.63) is 35.4 Å². The summed E-state index contributed by atoms with van der Waals surface area (Å²) < 4.78 is 0. The van der Waals surface area contributed by atoms with Gasteiger partial charge in [0.05, 0.1) is 0 Å². The van der Waals surface area contributed by atoms with E-state index in [1.807, 2.05) is 0 Å². The number of nitrogens with two attached hydrogens (primary N) is 1. The standard InChI is InChI=1S/C18H25N/c1-12-2-4-16(5-3-12)18-8-13-6-14(9-18)17(11-19)15(7-13)10-18/h2-5,13-15,17H,6-11,19H2,1H3. The van der Waals surface area contributed by atoms with E-state index in [1.54, 1.807) is 5.56 Å². The van der Waals surface area contributed by atoms with Crippen molar-refractivity contribution in [1.29, 1.82) is 0 Å². The van der Waals surface area contributed by atoms with E-state index in [2.05, 4.69) is 31.2 Å². The average molecular weight is 255 g/mol. The Morgan fingerprint density at radius 3 is 2.26 bits per heavy atom. The second kappa shape index (κ2) is 4.09. The van der Waals surface area contributed by atoms with Gasteiger partial charge >= 0.3 is 0 Å². The highest BCUT2D eigenvalue weighted by Crippen LogP contribution is 2.62. The third-order valence-corrected chi connectivity index (χ3v) is 6.40. The van der Waals surface area contributed by atoms with Gasteiger partial charge in [0.2, 0.25) is 0 Å². The van der Waals surface area contributed by atoms with Crippen LogP contribution in [-0.2, 0) is 5.41 Å². The van der Waals surface area contributed by atoms with Crippen molar-refractivity contribution in [2.45, 2.75) is 44.4 Å². The zero-order valence-electron chi connectivity index (χ0n) is 11.9. The van der Waals surface area contributed by atoms with E-state index in [9.17, 15) is 0 Å². The van der Waals surface area contributed by atoms with Crippen LogP contribution in [0.5, 0.6) is 0 Å². The molecule has 1 nitrogen and oxygen atoms in total. The molecule has 0 aromatic heterocycles. The van der Waals surface area contributed by atoms with Crippen LogP contribution in [0, 0.1) is 30.6 Å². The quantitative estimate of drug-likeness (QED) is 0.857. The van der Waals surface area contributed by atoms with Crippen molar-refractivity contribution in [1.82, 2.24) is 0 Å². The Hall–Kier alpha value is -0.820. The predicted octanol–water partition coefficient (Wildman–Crippen LogP) is 3.65. The van der Waals surface area contributed by atoms with Crippen LogP contribution in [0.2, 0.25) is 0 Å². The van der Waals surface area contributed by atoms with Gasteiger partial charge in [0.15, 0.2) is 0 Å². The first-order valence-electron chi connectivity index (χ1n) is 7.97. The van der Waals surface area contributed by atoms with Crippen molar-refractivity contribution in [2.24, 2.45) is 29.4 Å². The first-order chi connectivity index (χ1) is 9.20. The van der Waals surface area contributed by atoms with Gasteiger partial charge in [-0.2, -0.15) is 0 Å². The first kappa shape index (κ1) is 12.0. The molecule has 4 saturated carbocycles. The van der Waals surface area contributed by atoms with E-state index in [0.29, 0.717) is 5.41 Å². The van der Waals surface area contributed by atoms with E-state index >= 15 is 0 Å². The summed E-state index contributed by atoms with van der Waals surface area (Å²) in [6.07, 6.45) is 7.19. The smallest absolute Gasteiger partial charge is 0.00388 e. The van der Waals surface area contributed by atoms with Gasteiger partial charge < -0.3 is 5.73 Å². The lowest BCUT2D eigenvalue weighted by atomic mass is 9.45. The lowest BCUT2D eigenvalue weighted by molar-refractivity contribution is -0.0524. The van der Waals surface area contributed by atoms with Crippen LogP contribution >= 0.6 is 0 Å². The molecule has 2 N–H and O–H groups in total. The second-order valence-corrected chi connectivity index (χ2v) is 7.52. The third kappa shape index (κ3) is 1.71. The number of hydrogen-bond acceptors (Lipinski definition) is 1. The Kier molecular flexibility index (Phi) is 2.57. The van der Waals surface area contributed by atoms with Gasteiger partial charge in [0.25, 0.3) is 0 Å². The van der Waals surface area contributed by atoms with Gasteiger partial charge in [0, 0.05) is 0 Å². The molecule has 0 heterocycles. The molecule has 0 radical (unpaired) electrons. The molecule has 102 valence electrons. The number of hydrogen-bond donors (Lipinski definition) is 1. The molecule has 4 bridgehead atoms. The molecule has 0 saturated heterocycles. The first-order valence-corrected chi connectivity index (χ1v) is 7.97. The second-order valence-electron chi connectivity index (χ2n) is 7.52. The largest absolute Gasteiger partial charge is 0.330 e. The highest BCUT2D eigenvalue weighted by Gasteiger charge is 2.55. The van der Waals surface area contributed by atoms with Gasteiger partial charge in [0.1, 0.15) is 0 Å². The number of benzene rings is 1. The Morgan fingerprint density at radius 1 is 1.05 bits per heavy atom. The Balaban J connectivity index is 1.71. The molecule has 0 spiro atoms. The molecule has 4 aliphatic carbocycles. The molecule has 4 aliphatic rings. The van der Waals surface area contributed by atoms with E-state index in [-0.39, 0.29) is 0 Å². The molecule has 4 fully saturated rings. The maximum Gasteiger partial charge on any atom is -0.00388 e. The van der Waals surface area contributed by atoms with Crippen LogP contribution in [0.15, 0.2) is 24.3 Å². The molecule has 0 amide bonds. The zero-order valence-corrected chi connectivity index (χ0v) is 11.9. The molecule has 1 aromatic rings. The molecule has 19 heavy (non-hydrogen) atoms. The topological polar surface area (TPSA) is 26.0 Å². The zero-order chi connectivity index (χ0) is 13.0. The van der Waals surface area contributed by atoms with E-state index in [4.69, 9.17) is 5.73 Å². The fourth-order valence-electron chi connectivity index (χ4n) is 5.78. The average Bonchev–Trinajstić information content (AvgIpc) is 2.38. The molecule has 5 rings (SSSR count). The van der Waals surface area contributed by atoms with E-state index in [1.165, 1.54) is 37.7 Å². The monoisotopic (exact) mass is 255 g/mol. The highest BCUT2D eigenvalue weighted by molar-refractivity contribution is 5.32. The van der Waals surface area contributed by atoms with Crippen LogP contribution in [0.4, 0.5) is 0 Å². The summed E-state index contributed by atoms with van der Waals surface area (Å²) in [6.45, 7) is 3.11. The fourth-order valence-corrected chi connectivity index (χ4v) is 5.78. The fraction of sp³-hybridized carbons (Fsp3) is 0.667. The van der Waals surface area contributed by atoms with Crippen LogP contribution in [0.25, 0.3) is 0 Å². The van der Waals surface area contributed by atoms with E-state index in [0.717, 1.165) is 30.2 Å². The molecule has 0 aliphatic heterocycles. The molecule has 2 unspecified atom stereocenters. The van der Waals surface area contributed by atoms with Gasteiger partial charge in [-0.15, -0.1) is 0 Å². The summed E-state index contributed by atoms with van der Waals surface area (Å²) in [7, 11) is 0. The lowest BCUT2D eigenvalue weighted by Crippen LogP contribution is -2.54. The maximum absolute atomic E-state index is 6.06. The minimum Gasteiger partial charge on any atom is -0.330 e. The highest BCUT2D eigenvalue weighted by atomic mass is 14.7. The minimum absolute atomic E-state index is 0.510. The Bertz CT molecular complexity index is 459. The van der Waals surface area contributed by atoms with Crippen molar-refractivity contribution < 1.29 is 0 Å². The SMILES string of the molecule is Cc1ccc(C23CC4CC(C2)C(CN)C(C4)C3)cc1. The Labute approximate surface area is 116 Å². The summed E-state index contributed by atoms with van der Waals surface area (Å²) in [5, 5.41) is 0. The van der Waals surface area contributed by atoms with Gasteiger partial charge in [-0.25, -0.2) is 0 Å². The summed E-state index contributed by atoms with van der Waals surface area (Å²) in [5.41, 5.74) is 9.57. The van der Waals surface area contributed by atoms with Crippen LogP contribution in [-0.4, -0.2) is 6.54 Å². The number of rotatable bonds is 2. The van der Waals surface area contributed by atoms with Crippen molar-refractivity contribution in [3.63, 3.8) is 0 Å². The van der Waals surface area contributed by atoms with Gasteiger partial charge in [-0.3, -0.25) is 0 Å². The normalized spacial score (nSPS) is 43.7. The summed E-state index contributed by atoms with van der Waals surface area (Å²) in [6, 6.07) is 9.41. The Morgan fingerprint density at radius 2 is 1.68 bits per heavy atom. The molecular weight excluding hydrogens is 230 g/mol. The number of aryl methyl sites for hydroxylation is 1. The van der Waals surface area contributed by atoms with Crippen molar-refractivity contribution in [3.8, 4) is 0 Å². The van der Waals surface area contributed by atoms with Crippen LogP contribution < -0.4 is 5.73 Å². The van der Waals surface area contributed by atoms with E-state index < -0.39 is 0 Å². The van der Waals surface area contributed by atoms with Crippen LogP contribution in [0.1, 0.15) is 43.2 Å². The van der Waals surface area contributed by atoms with Gasteiger partial charge in [-0.05, 0) is 80.2 Å². The summed E-state index contributed by atoms with van der Waals surface area (Å²) in [5.74, 6) is 3.65. The van der Waals surface area contributed by atoms with Gasteiger partial charge in [-0.1, -0.05) is 29.8 Å². The predicted molar refractivity (Wildman–Crippen MR) is 79.0 cm³/mol. The maximum atomic E-state index is 6.06. The van der Waals surface area contributed by atoms with Crippen molar-refractivity contribution >= 4 is 0 Å². The summed E-state index contributed by atoms with van der Waals surface area (Å²) in [4.78, 5) is 0. The summed E-state index contributed by atoms with van der Waals surface area (Å²) >= 11 is 0. The minimum atomic E-state index is 0.510. The van der Waals surface area contributed by atoms with Crippen molar-refractivity contribution in [2.75, 3.05) is 6.54 Å². The lowest BCUT2D eigenvalue weighted by Gasteiger charge is -2.60. The molecular formula is C18H25N. The molecule has 1 aromatic carbocycles. The van der Waals surface area contributed by atoms with Crippen LogP contribution in [0.3, 0.4) is 0 Å².